The quantitative estimate of drug-likeness (QED) is 0.718. The Morgan fingerprint density at radius 1 is 1.19 bits per heavy atom. The number of benzene rings is 1. The van der Waals surface area contributed by atoms with Gasteiger partial charge in [-0.05, 0) is 6.42 Å². The molecule has 0 unspecified atom stereocenters. The lowest BCUT2D eigenvalue weighted by molar-refractivity contribution is -0.121. The number of rotatable bonds is 6. The Hall–Kier alpha value is -1.25. The molecule has 0 saturated heterocycles. The van der Waals surface area contributed by atoms with Crippen LogP contribution in [-0.4, -0.2) is 5.78 Å². The molecule has 1 rings (SSSR count). The summed E-state index contributed by atoms with van der Waals surface area (Å²) in [7, 11) is 0. The summed E-state index contributed by atoms with van der Waals surface area (Å²) in [5.74, 6) is -2.98. The third-order valence-electron chi connectivity index (χ3n) is 2.44. The number of alkyl halides is 2. The lowest BCUT2D eigenvalue weighted by Gasteiger charge is -2.15. The molecule has 0 aliphatic carbocycles. The van der Waals surface area contributed by atoms with Crippen LogP contribution in [0.3, 0.4) is 0 Å². The third kappa shape index (κ3) is 3.72. The second-order valence-electron chi connectivity index (χ2n) is 3.86. The van der Waals surface area contributed by atoms with Gasteiger partial charge < -0.3 is 0 Å². The fourth-order valence-corrected chi connectivity index (χ4v) is 1.53. The van der Waals surface area contributed by atoms with E-state index in [2.05, 4.69) is 0 Å². The summed E-state index contributed by atoms with van der Waals surface area (Å²) in [6, 6.07) is 7.64. The van der Waals surface area contributed by atoms with E-state index >= 15 is 0 Å². The predicted octanol–water partition coefficient (Wildman–Crippen LogP) is 3.93. The number of hydrogen-bond acceptors (Lipinski definition) is 1. The van der Waals surface area contributed by atoms with Crippen LogP contribution >= 0.6 is 0 Å². The Bertz CT molecular complexity index is 333. The van der Waals surface area contributed by atoms with E-state index in [0.29, 0.717) is 6.42 Å². The number of hydrogen-bond donors (Lipinski definition) is 0. The average Bonchev–Trinajstić information content (AvgIpc) is 2.28. The van der Waals surface area contributed by atoms with Crippen LogP contribution < -0.4 is 0 Å². The molecule has 0 heterocycles. The van der Waals surface area contributed by atoms with Crippen molar-refractivity contribution in [1.29, 1.82) is 0 Å². The van der Waals surface area contributed by atoms with Gasteiger partial charge in [-0.2, -0.15) is 0 Å². The van der Waals surface area contributed by atoms with E-state index in [1.54, 1.807) is 18.2 Å². The molecule has 0 aliphatic heterocycles. The molecule has 0 radical (unpaired) electrons. The maximum Gasteiger partial charge on any atom is 0.273 e. The molecule has 0 bridgehead atoms. The largest absolute Gasteiger partial charge is 0.300 e. The minimum Gasteiger partial charge on any atom is -0.300 e. The highest BCUT2D eigenvalue weighted by molar-refractivity contribution is 5.78. The van der Waals surface area contributed by atoms with E-state index in [1.165, 1.54) is 12.1 Å². The maximum atomic E-state index is 13.6. The van der Waals surface area contributed by atoms with Gasteiger partial charge in [-0.3, -0.25) is 4.79 Å². The SMILES string of the molecule is CCCC(=O)CCC(F)(F)c1ccccc1. The van der Waals surface area contributed by atoms with Crippen molar-refractivity contribution in [3.63, 3.8) is 0 Å². The van der Waals surface area contributed by atoms with Crippen molar-refractivity contribution in [2.75, 3.05) is 0 Å². The van der Waals surface area contributed by atoms with E-state index in [-0.39, 0.29) is 17.8 Å². The molecule has 1 aromatic carbocycles. The zero-order valence-corrected chi connectivity index (χ0v) is 9.38. The molecule has 3 heteroatoms. The second-order valence-corrected chi connectivity index (χ2v) is 3.86. The minimum atomic E-state index is -2.90. The van der Waals surface area contributed by atoms with Crippen LogP contribution in [0.25, 0.3) is 0 Å². The normalized spacial score (nSPS) is 11.4. The molecule has 0 N–H and O–H groups in total. The van der Waals surface area contributed by atoms with Crippen molar-refractivity contribution in [3.05, 3.63) is 35.9 Å². The lowest BCUT2D eigenvalue weighted by atomic mass is 10.0. The Morgan fingerprint density at radius 2 is 1.81 bits per heavy atom. The first-order valence-corrected chi connectivity index (χ1v) is 5.51. The highest BCUT2D eigenvalue weighted by atomic mass is 19.3. The molecule has 0 fully saturated rings. The van der Waals surface area contributed by atoms with Crippen LogP contribution in [0.2, 0.25) is 0 Å². The minimum absolute atomic E-state index is 0.0145. The molecule has 0 aliphatic rings. The lowest BCUT2D eigenvalue weighted by Crippen LogP contribution is -2.15. The Balaban J connectivity index is 2.55. The number of ketones is 1. The Labute approximate surface area is 94.5 Å². The zero-order chi connectivity index (χ0) is 12.0. The van der Waals surface area contributed by atoms with Crippen molar-refractivity contribution in [3.8, 4) is 0 Å². The monoisotopic (exact) mass is 226 g/mol. The zero-order valence-electron chi connectivity index (χ0n) is 9.38. The first-order valence-electron chi connectivity index (χ1n) is 5.51. The fraction of sp³-hybridized carbons (Fsp3) is 0.462. The first-order chi connectivity index (χ1) is 7.56. The summed E-state index contributed by atoms with van der Waals surface area (Å²) in [5.41, 5.74) is -0.0145. The van der Waals surface area contributed by atoms with Crippen LogP contribution in [0, 0.1) is 0 Å². The predicted molar refractivity (Wildman–Crippen MR) is 59.5 cm³/mol. The third-order valence-corrected chi connectivity index (χ3v) is 2.44. The molecule has 16 heavy (non-hydrogen) atoms. The number of halogens is 2. The van der Waals surface area contributed by atoms with E-state index in [9.17, 15) is 13.6 Å². The number of carbonyl (C=O) groups excluding carboxylic acids is 1. The van der Waals surface area contributed by atoms with E-state index in [0.717, 1.165) is 6.42 Å². The summed E-state index contributed by atoms with van der Waals surface area (Å²) in [4.78, 5) is 11.2. The molecule has 0 aromatic heterocycles. The first kappa shape index (κ1) is 12.8. The average molecular weight is 226 g/mol. The van der Waals surface area contributed by atoms with Gasteiger partial charge in [-0.25, -0.2) is 8.78 Å². The van der Waals surface area contributed by atoms with Crippen LogP contribution in [-0.2, 0) is 10.7 Å². The van der Waals surface area contributed by atoms with Gasteiger partial charge in [-0.15, -0.1) is 0 Å². The van der Waals surface area contributed by atoms with Crippen molar-refractivity contribution in [2.24, 2.45) is 0 Å². The number of Topliss-reactive ketones (excluding diaryl/α,β-unsaturated/α-hetero) is 1. The molecular formula is C13H16F2O. The maximum absolute atomic E-state index is 13.6. The second kappa shape index (κ2) is 5.73. The summed E-state index contributed by atoms with van der Waals surface area (Å²) >= 11 is 0. The number of carbonyl (C=O) groups is 1. The summed E-state index contributed by atoms with van der Waals surface area (Å²) in [5, 5.41) is 0. The van der Waals surface area contributed by atoms with E-state index in [4.69, 9.17) is 0 Å². The molecule has 88 valence electrons. The Morgan fingerprint density at radius 3 is 2.38 bits per heavy atom. The molecule has 0 spiro atoms. The van der Waals surface area contributed by atoms with Crippen molar-refractivity contribution >= 4 is 5.78 Å². The van der Waals surface area contributed by atoms with Crippen LogP contribution in [0.5, 0.6) is 0 Å². The van der Waals surface area contributed by atoms with Gasteiger partial charge in [0.1, 0.15) is 5.78 Å². The molecule has 0 atom stereocenters. The van der Waals surface area contributed by atoms with Gasteiger partial charge in [0.05, 0.1) is 0 Å². The Kier molecular flexibility index (Phi) is 4.59. The standard InChI is InChI=1S/C13H16F2O/c1-2-6-12(16)9-10-13(14,15)11-7-4-3-5-8-11/h3-5,7-8H,2,6,9-10H2,1H3. The van der Waals surface area contributed by atoms with E-state index in [1.807, 2.05) is 6.92 Å². The highest BCUT2D eigenvalue weighted by Gasteiger charge is 2.31. The summed E-state index contributed by atoms with van der Waals surface area (Å²) in [6.07, 6.45) is 0.673. The van der Waals surface area contributed by atoms with Crippen LogP contribution in [0.4, 0.5) is 8.78 Å². The summed E-state index contributed by atoms with van der Waals surface area (Å²) in [6.45, 7) is 1.87. The van der Waals surface area contributed by atoms with Gasteiger partial charge >= 0.3 is 0 Å². The molecular weight excluding hydrogens is 210 g/mol. The van der Waals surface area contributed by atoms with Crippen molar-refractivity contribution in [2.45, 2.75) is 38.5 Å². The topological polar surface area (TPSA) is 17.1 Å². The van der Waals surface area contributed by atoms with Gasteiger partial charge in [-0.1, -0.05) is 37.3 Å². The van der Waals surface area contributed by atoms with Gasteiger partial charge in [0.2, 0.25) is 0 Å². The van der Waals surface area contributed by atoms with Gasteiger partial charge in [0.15, 0.2) is 0 Å². The van der Waals surface area contributed by atoms with Crippen LogP contribution in [0.1, 0.15) is 38.2 Å². The van der Waals surface area contributed by atoms with Crippen molar-refractivity contribution < 1.29 is 13.6 Å². The highest BCUT2D eigenvalue weighted by Crippen LogP contribution is 2.32. The van der Waals surface area contributed by atoms with Gasteiger partial charge in [0.25, 0.3) is 5.92 Å². The fourth-order valence-electron chi connectivity index (χ4n) is 1.53. The smallest absolute Gasteiger partial charge is 0.273 e. The van der Waals surface area contributed by atoms with Gasteiger partial charge in [0, 0.05) is 24.8 Å². The van der Waals surface area contributed by atoms with E-state index < -0.39 is 12.3 Å². The molecule has 1 nitrogen and oxygen atoms in total. The molecule has 0 amide bonds. The van der Waals surface area contributed by atoms with Crippen molar-refractivity contribution in [1.82, 2.24) is 0 Å². The molecule has 0 saturated carbocycles. The van der Waals surface area contributed by atoms with Crippen LogP contribution in [0.15, 0.2) is 30.3 Å². The summed E-state index contributed by atoms with van der Waals surface area (Å²) < 4.78 is 27.2. The molecule has 1 aromatic rings.